The molecule has 35 heavy (non-hydrogen) atoms. The number of carbonyl (C=O) groups excluding carboxylic acids is 1. The van der Waals surface area contributed by atoms with E-state index in [4.69, 9.17) is 21.1 Å². The van der Waals surface area contributed by atoms with E-state index in [0.717, 1.165) is 30.4 Å². The first-order valence-electron chi connectivity index (χ1n) is 11.7. The Labute approximate surface area is 212 Å². The molecule has 0 saturated carbocycles. The van der Waals surface area contributed by atoms with Crippen molar-refractivity contribution >= 4 is 27.5 Å². The molecule has 3 heterocycles. The molecule has 2 aromatic rings. The maximum Gasteiger partial charge on any atom is 0.254 e. The fourth-order valence-corrected chi connectivity index (χ4v) is 7.57. The standard InChI is InChI=1S/C25H32ClN3O5S/c1-16-12-20(33-4)17(2)18(3)23(16)35(31,32)29-11-8-25(15-29)6-9-28(10-7-25)24(30)19-13-21(26)27-22(14-19)34-5/h12-14H,6-11,15H2,1-5H3. The van der Waals surface area contributed by atoms with E-state index in [2.05, 4.69) is 4.98 Å². The molecule has 4 rings (SSSR count). The van der Waals surface area contributed by atoms with E-state index in [9.17, 15) is 13.2 Å². The third-order valence-corrected chi connectivity index (χ3v) is 9.87. The number of rotatable bonds is 5. The van der Waals surface area contributed by atoms with Crippen molar-refractivity contribution in [2.45, 2.75) is 44.9 Å². The number of aromatic nitrogens is 1. The number of nitrogens with zero attached hydrogens (tertiary/aromatic N) is 3. The summed E-state index contributed by atoms with van der Waals surface area (Å²) in [5.41, 5.74) is 2.58. The van der Waals surface area contributed by atoms with Crippen LogP contribution >= 0.6 is 11.6 Å². The Hall–Kier alpha value is -2.36. The van der Waals surface area contributed by atoms with Crippen LogP contribution in [-0.4, -0.2) is 68.9 Å². The largest absolute Gasteiger partial charge is 0.496 e. The van der Waals surface area contributed by atoms with Crippen LogP contribution in [0.25, 0.3) is 0 Å². The summed E-state index contributed by atoms with van der Waals surface area (Å²) in [7, 11) is -0.573. The van der Waals surface area contributed by atoms with E-state index in [1.54, 1.807) is 34.5 Å². The quantitative estimate of drug-likeness (QED) is 0.553. The Bertz CT molecular complexity index is 1260. The SMILES string of the molecule is COc1cc(C(=O)N2CCC3(CC2)CCN(S(=O)(=O)c2c(C)cc(OC)c(C)c2C)C3)cc(Cl)n1. The Balaban J connectivity index is 1.48. The number of hydrogen-bond donors (Lipinski definition) is 0. The molecule has 1 aromatic heterocycles. The fourth-order valence-electron chi connectivity index (χ4n) is 5.33. The van der Waals surface area contributed by atoms with E-state index >= 15 is 0 Å². The summed E-state index contributed by atoms with van der Waals surface area (Å²) >= 11 is 6.04. The maximum atomic E-state index is 13.7. The molecule has 8 nitrogen and oxygen atoms in total. The number of carbonyl (C=O) groups is 1. The minimum Gasteiger partial charge on any atom is -0.496 e. The van der Waals surface area contributed by atoms with Crippen LogP contribution < -0.4 is 9.47 Å². The predicted octanol–water partition coefficient (Wildman–Crippen LogP) is 3.99. The molecule has 0 N–H and O–H groups in total. The molecular formula is C25H32ClN3O5S. The van der Waals surface area contributed by atoms with E-state index in [-0.39, 0.29) is 16.5 Å². The highest BCUT2D eigenvalue weighted by Crippen LogP contribution is 2.43. The van der Waals surface area contributed by atoms with Gasteiger partial charge in [0.15, 0.2) is 0 Å². The lowest BCUT2D eigenvalue weighted by Gasteiger charge is -2.39. The van der Waals surface area contributed by atoms with Gasteiger partial charge in [0.2, 0.25) is 15.9 Å². The topological polar surface area (TPSA) is 89.0 Å². The monoisotopic (exact) mass is 521 g/mol. The highest BCUT2D eigenvalue weighted by molar-refractivity contribution is 7.89. The van der Waals surface area contributed by atoms with Crippen LogP contribution in [0.15, 0.2) is 23.1 Å². The maximum absolute atomic E-state index is 13.7. The lowest BCUT2D eigenvalue weighted by Crippen LogP contribution is -2.44. The van der Waals surface area contributed by atoms with Gasteiger partial charge in [0.1, 0.15) is 10.9 Å². The van der Waals surface area contributed by atoms with Gasteiger partial charge in [-0.2, -0.15) is 4.31 Å². The summed E-state index contributed by atoms with van der Waals surface area (Å²) in [4.78, 5) is 19.3. The van der Waals surface area contributed by atoms with Gasteiger partial charge in [-0.3, -0.25) is 4.79 Å². The van der Waals surface area contributed by atoms with E-state index < -0.39 is 10.0 Å². The predicted molar refractivity (Wildman–Crippen MR) is 134 cm³/mol. The van der Waals surface area contributed by atoms with E-state index in [0.29, 0.717) is 53.8 Å². The zero-order valence-electron chi connectivity index (χ0n) is 20.9. The number of piperidine rings is 1. The van der Waals surface area contributed by atoms with Crippen LogP contribution in [-0.2, 0) is 10.0 Å². The highest BCUT2D eigenvalue weighted by Gasteiger charge is 2.45. The molecule has 0 aliphatic carbocycles. The third-order valence-electron chi connectivity index (χ3n) is 7.54. The first-order chi connectivity index (χ1) is 16.5. The number of halogens is 1. The van der Waals surface area contributed by atoms with E-state index in [1.165, 1.54) is 7.11 Å². The van der Waals surface area contributed by atoms with Gasteiger partial charge < -0.3 is 14.4 Å². The molecule has 2 fully saturated rings. The van der Waals surface area contributed by atoms with Crippen LogP contribution in [0.2, 0.25) is 5.15 Å². The summed E-state index contributed by atoms with van der Waals surface area (Å²) in [5, 5.41) is 0.206. The first-order valence-corrected chi connectivity index (χ1v) is 13.5. The van der Waals surface area contributed by atoms with Crippen LogP contribution in [0.5, 0.6) is 11.6 Å². The number of ether oxygens (including phenoxy) is 2. The Morgan fingerprint density at radius 3 is 2.29 bits per heavy atom. The zero-order chi connectivity index (χ0) is 25.5. The lowest BCUT2D eigenvalue weighted by atomic mass is 9.78. The van der Waals surface area contributed by atoms with Gasteiger partial charge in [-0.1, -0.05) is 11.6 Å². The second kappa shape index (κ2) is 9.59. The van der Waals surface area contributed by atoms with Crippen LogP contribution in [0.3, 0.4) is 0 Å². The molecule has 0 radical (unpaired) electrons. The number of aryl methyl sites for hydroxylation is 1. The van der Waals surface area contributed by atoms with Crippen molar-refractivity contribution < 1.29 is 22.7 Å². The molecule has 2 aliphatic heterocycles. The van der Waals surface area contributed by atoms with Gasteiger partial charge in [-0.05, 0) is 74.3 Å². The zero-order valence-corrected chi connectivity index (χ0v) is 22.4. The molecule has 1 amide bonds. The molecule has 0 bridgehead atoms. The first kappa shape index (κ1) is 25.7. The van der Waals surface area contributed by atoms with Gasteiger partial charge >= 0.3 is 0 Å². The molecule has 0 atom stereocenters. The normalized spacial score (nSPS) is 18.2. The van der Waals surface area contributed by atoms with Gasteiger partial charge in [-0.15, -0.1) is 0 Å². The van der Waals surface area contributed by atoms with Crippen molar-refractivity contribution in [2.75, 3.05) is 40.4 Å². The number of likely N-dealkylation sites (tertiary alicyclic amines) is 1. The fraction of sp³-hybridized carbons (Fsp3) is 0.520. The summed E-state index contributed by atoms with van der Waals surface area (Å²) in [6.45, 7) is 7.62. The van der Waals surface area contributed by atoms with Crippen molar-refractivity contribution in [3.05, 3.63) is 45.6 Å². The van der Waals surface area contributed by atoms with Gasteiger partial charge in [0.25, 0.3) is 5.91 Å². The molecule has 1 aromatic carbocycles. The average molecular weight is 522 g/mol. The van der Waals surface area contributed by atoms with Crippen LogP contribution in [0.4, 0.5) is 0 Å². The van der Waals surface area contributed by atoms with Crippen LogP contribution in [0, 0.1) is 26.2 Å². The number of sulfonamides is 1. The number of methoxy groups -OCH3 is 2. The summed E-state index contributed by atoms with van der Waals surface area (Å²) in [6.07, 6.45) is 2.29. The van der Waals surface area contributed by atoms with E-state index in [1.807, 2.05) is 20.8 Å². The number of hydrogen-bond acceptors (Lipinski definition) is 6. The lowest BCUT2D eigenvalue weighted by molar-refractivity contribution is 0.0599. The Morgan fingerprint density at radius 2 is 1.66 bits per heavy atom. The molecular weight excluding hydrogens is 490 g/mol. The van der Waals surface area contributed by atoms with Gasteiger partial charge in [0.05, 0.1) is 19.1 Å². The summed E-state index contributed by atoms with van der Waals surface area (Å²) in [6, 6.07) is 4.93. The smallest absolute Gasteiger partial charge is 0.254 e. The van der Waals surface area contributed by atoms with Crippen molar-refractivity contribution in [1.82, 2.24) is 14.2 Å². The second-order valence-electron chi connectivity index (χ2n) is 9.58. The van der Waals surface area contributed by atoms with Gasteiger partial charge in [0, 0.05) is 37.8 Å². The molecule has 1 spiro atoms. The molecule has 0 unspecified atom stereocenters. The second-order valence-corrected chi connectivity index (χ2v) is 11.8. The summed E-state index contributed by atoms with van der Waals surface area (Å²) < 4.78 is 39.6. The highest BCUT2D eigenvalue weighted by atomic mass is 35.5. The minimum absolute atomic E-state index is 0.120. The molecule has 2 saturated heterocycles. The number of amides is 1. The molecule has 10 heteroatoms. The number of pyridine rings is 1. The minimum atomic E-state index is -3.65. The number of benzene rings is 1. The third kappa shape index (κ3) is 4.73. The molecule has 2 aliphatic rings. The van der Waals surface area contributed by atoms with Crippen molar-refractivity contribution in [3.63, 3.8) is 0 Å². The Morgan fingerprint density at radius 1 is 1.00 bits per heavy atom. The van der Waals surface area contributed by atoms with Crippen LogP contribution in [0.1, 0.15) is 46.3 Å². The molecule has 190 valence electrons. The average Bonchev–Trinajstić information content (AvgIpc) is 3.25. The van der Waals surface area contributed by atoms with Crippen molar-refractivity contribution in [3.8, 4) is 11.6 Å². The Kier molecular flexibility index (Phi) is 7.05. The van der Waals surface area contributed by atoms with Crippen molar-refractivity contribution in [2.24, 2.45) is 5.41 Å². The van der Waals surface area contributed by atoms with Crippen molar-refractivity contribution in [1.29, 1.82) is 0 Å². The summed E-state index contributed by atoms with van der Waals surface area (Å²) in [5.74, 6) is 0.872. The van der Waals surface area contributed by atoms with Gasteiger partial charge in [-0.25, -0.2) is 13.4 Å².